The highest BCUT2D eigenvalue weighted by atomic mass is 35.5. The monoisotopic (exact) mass is 383 g/mol. The molecular formula is C21H17Cl2N2O+. The lowest BCUT2D eigenvalue weighted by Gasteiger charge is -2.07. The Kier molecular flexibility index (Phi) is 4.43. The number of halogens is 2. The fourth-order valence-corrected chi connectivity index (χ4v) is 3.29. The summed E-state index contributed by atoms with van der Waals surface area (Å²) in [6.45, 7) is 4.36. The van der Waals surface area contributed by atoms with E-state index in [4.69, 9.17) is 28.0 Å². The van der Waals surface area contributed by atoms with E-state index in [0.717, 1.165) is 38.5 Å². The van der Waals surface area contributed by atoms with Gasteiger partial charge in [-0.1, -0.05) is 53.5 Å². The third-order valence-corrected chi connectivity index (χ3v) is 5.26. The summed E-state index contributed by atoms with van der Waals surface area (Å²) in [5.74, 6) is 0. The van der Waals surface area contributed by atoms with Crippen molar-refractivity contribution in [3.05, 3.63) is 81.3 Å². The van der Waals surface area contributed by atoms with E-state index in [9.17, 15) is 0 Å². The average Bonchev–Trinajstić information content (AvgIpc) is 2.63. The van der Waals surface area contributed by atoms with Crippen LogP contribution in [0.15, 0.2) is 54.6 Å². The lowest BCUT2D eigenvalue weighted by atomic mass is 10.1. The minimum absolute atomic E-state index is 0.424. The van der Waals surface area contributed by atoms with Gasteiger partial charge >= 0.3 is 0 Å². The van der Waals surface area contributed by atoms with Gasteiger partial charge in [-0.2, -0.15) is 0 Å². The number of aromatic nitrogens is 2. The van der Waals surface area contributed by atoms with Gasteiger partial charge in [0.25, 0.3) is 5.52 Å². The zero-order valence-electron chi connectivity index (χ0n) is 14.5. The summed E-state index contributed by atoms with van der Waals surface area (Å²) in [5, 5.41) is 8.01. The standard InChI is InChI=1S/C21H17Cl2N2O/c1-13-8-20-16(10-18(13)22)17-11-19(23)14(2)9-21(17)25(24-20)26-12-15-6-4-3-5-7-15/h3-11H,12H2,1-2H3/q+1. The molecule has 0 radical (unpaired) electrons. The summed E-state index contributed by atoms with van der Waals surface area (Å²) < 4.78 is 0. The number of fused-ring (bicyclic) bond motifs is 3. The first-order valence-electron chi connectivity index (χ1n) is 8.32. The molecule has 0 aliphatic rings. The van der Waals surface area contributed by atoms with Gasteiger partial charge in [0.2, 0.25) is 0 Å². The second-order valence-electron chi connectivity index (χ2n) is 6.37. The highest BCUT2D eigenvalue weighted by molar-refractivity contribution is 6.33. The summed E-state index contributed by atoms with van der Waals surface area (Å²) in [5.41, 5.74) is 4.69. The van der Waals surface area contributed by atoms with Gasteiger partial charge in [0.15, 0.2) is 6.61 Å². The Morgan fingerprint density at radius 3 is 2.27 bits per heavy atom. The van der Waals surface area contributed by atoms with Crippen molar-refractivity contribution in [3.63, 3.8) is 0 Å². The number of hydrogen-bond acceptors (Lipinski definition) is 2. The smallest absolute Gasteiger partial charge is 0.240 e. The molecule has 1 aromatic heterocycles. The van der Waals surface area contributed by atoms with E-state index in [1.165, 1.54) is 0 Å². The minimum Gasteiger partial charge on any atom is -0.240 e. The maximum Gasteiger partial charge on any atom is 0.297 e. The predicted molar refractivity (Wildman–Crippen MR) is 106 cm³/mol. The molecule has 0 amide bonds. The molecule has 0 saturated carbocycles. The molecule has 0 aliphatic heterocycles. The van der Waals surface area contributed by atoms with Crippen LogP contribution in [0.2, 0.25) is 10.0 Å². The topological polar surface area (TPSA) is 26.0 Å². The van der Waals surface area contributed by atoms with Gasteiger partial charge in [0.1, 0.15) is 10.4 Å². The molecule has 5 heteroatoms. The maximum atomic E-state index is 6.38. The molecule has 0 atom stereocenters. The van der Waals surface area contributed by atoms with Gasteiger partial charge in [-0.15, -0.1) is 0 Å². The van der Waals surface area contributed by atoms with Crippen molar-refractivity contribution in [2.75, 3.05) is 0 Å². The molecule has 26 heavy (non-hydrogen) atoms. The Morgan fingerprint density at radius 2 is 1.54 bits per heavy atom. The minimum atomic E-state index is 0.424. The van der Waals surface area contributed by atoms with Crippen LogP contribution in [-0.2, 0) is 6.61 Å². The zero-order chi connectivity index (χ0) is 18.3. The second-order valence-corrected chi connectivity index (χ2v) is 7.18. The van der Waals surface area contributed by atoms with Crippen molar-refractivity contribution < 1.29 is 9.68 Å². The van der Waals surface area contributed by atoms with E-state index in [1.807, 2.05) is 68.4 Å². The third kappa shape index (κ3) is 3.09. The Labute approximate surface area is 161 Å². The summed E-state index contributed by atoms with van der Waals surface area (Å²) >= 11 is 12.7. The normalized spacial score (nSPS) is 11.2. The van der Waals surface area contributed by atoms with Gasteiger partial charge in [0.05, 0.1) is 10.5 Å². The Bertz CT molecular complexity index is 1130. The molecule has 4 aromatic rings. The molecule has 0 N–H and O–H groups in total. The molecule has 0 spiro atoms. The van der Waals surface area contributed by atoms with Crippen LogP contribution in [0, 0.1) is 13.8 Å². The van der Waals surface area contributed by atoms with Crippen LogP contribution in [0.1, 0.15) is 16.7 Å². The largest absolute Gasteiger partial charge is 0.297 e. The first-order valence-corrected chi connectivity index (χ1v) is 9.08. The lowest BCUT2D eigenvalue weighted by molar-refractivity contribution is -0.918. The van der Waals surface area contributed by atoms with Crippen molar-refractivity contribution in [2.45, 2.75) is 20.5 Å². The summed E-state index contributed by atoms with van der Waals surface area (Å²) in [7, 11) is 0. The molecule has 3 aromatic carbocycles. The molecule has 4 rings (SSSR count). The van der Waals surface area contributed by atoms with E-state index in [0.29, 0.717) is 16.7 Å². The highest BCUT2D eigenvalue weighted by Crippen LogP contribution is 2.30. The fraction of sp³-hybridized carbons (Fsp3) is 0.143. The van der Waals surface area contributed by atoms with Crippen molar-refractivity contribution in [2.24, 2.45) is 0 Å². The first kappa shape index (κ1) is 17.1. The number of nitrogens with zero attached hydrogens (tertiary/aromatic N) is 2. The third-order valence-electron chi connectivity index (χ3n) is 4.45. The summed E-state index contributed by atoms with van der Waals surface area (Å²) in [6.07, 6.45) is 0. The SMILES string of the molecule is Cc1cc2n[n+](OCc3ccccc3)c3cc(C)c(Cl)cc3c2cc1Cl. The van der Waals surface area contributed by atoms with E-state index in [1.54, 1.807) is 4.85 Å². The van der Waals surface area contributed by atoms with E-state index < -0.39 is 0 Å². The molecule has 3 nitrogen and oxygen atoms in total. The van der Waals surface area contributed by atoms with Crippen LogP contribution in [0.5, 0.6) is 0 Å². The Morgan fingerprint density at radius 1 is 0.885 bits per heavy atom. The zero-order valence-corrected chi connectivity index (χ0v) is 16.0. The van der Waals surface area contributed by atoms with Crippen LogP contribution >= 0.6 is 23.2 Å². The molecule has 0 saturated heterocycles. The number of hydrogen-bond donors (Lipinski definition) is 0. The van der Waals surface area contributed by atoms with Crippen LogP contribution in [-0.4, -0.2) is 5.10 Å². The average molecular weight is 384 g/mol. The van der Waals surface area contributed by atoms with E-state index in [2.05, 4.69) is 5.10 Å². The molecule has 0 fully saturated rings. The number of aryl methyl sites for hydroxylation is 2. The second kappa shape index (κ2) is 6.75. The van der Waals surface area contributed by atoms with Gasteiger partial charge in [-0.3, -0.25) is 0 Å². The van der Waals surface area contributed by atoms with Gasteiger partial charge in [0, 0.05) is 21.5 Å². The van der Waals surface area contributed by atoms with Crippen molar-refractivity contribution in [1.29, 1.82) is 0 Å². The number of benzene rings is 3. The van der Waals surface area contributed by atoms with Gasteiger partial charge in [-0.25, -0.2) is 4.84 Å². The molecule has 0 aliphatic carbocycles. The number of rotatable bonds is 3. The molecular weight excluding hydrogens is 367 g/mol. The molecule has 1 heterocycles. The van der Waals surface area contributed by atoms with Crippen molar-refractivity contribution >= 4 is 45.0 Å². The van der Waals surface area contributed by atoms with Gasteiger partial charge < -0.3 is 0 Å². The highest BCUT2D eigenvalue weighted by Gasteiger charge is 2.20. The Balaban J connectivity index is 1.92. The van der Waals surface area contributed by atoms with Crippen LogP contribution < -0.4 is 9.68 Å². The van der Waals surface area contributed by atoms with Crippen molar-refractivity contribution in [1.82, 2.24) is 5.10 Å². The van der Waals surface area contributed by atoms with Crippen molar-refractivity contribution in [3.8, 4) is 0 Å². The summed E-state index contributed by atoms with van der Waals surface area (Å²) in [6, 6.07) is 17.9. The quantitative estimate of drug-likeness (QED) is 0.357. The molecule has 0 unspecified atom stereocenters. The van der Waals surface area contributed by atoms with Gasteiger partial charge in [-0.05, 0) is 48.7 Å². The molecule has 0 bridgehead atoms. The van der Waals surface area contributed by atoms with Crippen LogP contribution in [0.4, 0.5) is 0 Å². The van der Waals surface area contributed by atoms with E-state index in [-0.39, 0.29) is 0 Å². The first-order chi connectivity index (χ1) is 12.5. The fourth-order valence-electron chi connectivity index (χ4n) is 2.97. The predicted octanol–water partition coefficient (Wildman–Crippen LogP) is 5.23. The Hall–Kier alpha value is -2.36. The van der Waals surface area contributed by atoms with E-state index >= 15 is 0 Å². The molecule has 130 valence electrons. The lowest BCUT2D eigenvalue weighted by Crippen LogP contribution is -2.46. The van der Waals surface area contributed by atoms with Crippen LogP contribution in [0.25, 0.3) is 21.8 Å². The summed E-state index contributed by atoms with van der Waals surface area (Å²) in [4.78, 5) is 7.59. The van der Waals surface area contributed by atoms with Crippen LogP contribution in [0.3, 0.4) is 0 Å². The maximum absolute atomic E-state index is 6.38.